The number of carbonyl (C=O) groups excluding carboxylic acids is 1. The van der Waals surface area contributed by atoms with E-state index >= 15 is 0 Å². The summed E-state index contributed by atoms with van der Waals surface area (Å²) >= 11 is 0. The monoisotopic (exact) mass is 220 g/mol. The molecule has 0 spiro atoms. The topological polar surface area (TPSA) is 46.3 Å². The minimum atomic E-state index is -0.447. The second-order valence-electron chi connectivity index (χ2n) is 4.60. The van der Waals surface area contributed by atoms with Gasteiger partial charge in [-0.1, -0.05) is 12.1 Å². The van der Waals surface area contributed by atoms with Gasteiger partial charge in [0, 0.05) is 19.1 Å². The van der Waals surface area contributed by atoms with Crippen LogP contribution in [0.25, 0.3) is 0 Å². The van der Waals surface area contributed by atoms with Crippen LogP contribution in [-0.2, 0) is 0 Å². The minimum absolute atomic E-state index is 0.164. The number of halogens is 1. The van der Waals surface area contributed by atoms with Gasteiger partial charge < -0.3 is 10.6 Å². The lowest BCUT2D eigenvalue weighted by Crippen LogP contribution is -2.34. The van der Waals surface area contributed by atoms with Crippen molar-refractivity contribution in [1.82, 2.24) is 4.90 Å². The van der Waals surface area contributed by atoms with E-state index in [0.717, 1.165) is 0 Å². The highest BCUT2D eigenvalue weighted by atomic mass is 19.1. The number of piperidine rings is 1. The predicted molar refractivity (Wildman–Crippen MR) is 57.3 cm³/mol. The Balaban J connectivity index is 1.77. The summed E-state index contributed by atoms with van der Waals surface area (Å²) in [4.78, 5) is 13.7. The molecule has 0 unspecified atom stereocenters. The Bertz CT molecular complexity index is 436. The van der Waals surface area contributed by atoms with Crippen LogP contribution in [0.1, 0.15) is 10.4 Å². The van der Waals surface area contributed by atoms with E-state index in [0.29, 0.717) is 24.9 Å². The Morgan fingerprint density at radius 3 is 2.56 bits per heavy atom. The number of fused-ring (bicyclic) bond motifs is 1. The zero-order valence-corrected chi connectivity index (χ0v) is 8.77. The highest BCUT2D eigenvalue weighted by molar-refractivity contribution is 5.94. The molecule has 1 amide bonds. The molecule has 84 valence electrons. The maximum atomic E-state index is 13.4. The molecule has 2 N–H and O–H groups in total. The first-order valence-corrected chi connectivity index (χ1v) is 5.48. The summed E-state index contributed by atoms with van der Waals surface area (Å²) in [5.41, 5.74) is 5.95. The average molecular weight is 220 g/mol. The Morgan fingerprint density at radius 2 is 1.94 bits per heavy atom. The first kappa shape index (κ1) is 9.78. The smallest absolute Gasteiger partial charge is 0.256 e. The van der Waals surface area contributed by atoms with Crippen LogP contribution < -0.4 is 5.73 Å². The molecule has 0 radical (unpaired) electrons. The largest absolute Gasteiger partial charge is 0.338 e. The Labute approximate surface area is 93.0 Å². The molecule has 1 saturated carbocycles. The van der Waals surface area contributed by atoms with Crippen molar-refractivity contribution < 1.29 is 9.18 Å². The zero-order valence-electron chi connectivity index (χ0n) is 8.77. The van der Waals surface area contributed by atoms with Gasteiger partial charge in [0.05, 0.1) is 5.56 Å². The lowest BCUT2D eigenvalue weighted by Gasteiger charge is -2.19. The molecule has 1 aliphatic heterocycles. The van der Waals surface area contributed by atoms with Gasteiger partial charge in [0.25, 0.3) is 5.91 Å². The van der Waals surface area contributed by atoms with Crippen LogP contribution in [0.2, 0.25) is 0 Å². The number of amides is 1. The van der Waals surface area contributed by atoms with E-state index in [1.807, 2.05) is 0 Å². The number of nitrogens with two attached hydrogens (primary N) is 1. The summed E-state index contributed by atoms with van der Waals surface area (Å²) in [6, 6.07) is 6.37. The van der Waals surface area contributed by atoms with Crippen LogP contribution in [-0.4, -0.2) is 29.9 Å². The number of hydrogen-bond donors (Lipinski definition) is 1. The second-order valence-corrected chi connectivity index (χ2v) is 4.60. The SMILES string of the molecule is N[C@@H]1[C@H]2CN(C(=O)c3ccccc3F)C[C@@H]12. The molecule has 3 nitrogen and oxygen atoms in total. The third-order valence-electron chi connectivity index (χ3n) is 3.65. The van der Waals surface area contributed by atoms with Crippen LogP contribution in [0.4, 0.5) is 4.39 Å². The van der Waals surface area contributed by atoms with Gasteiger partial charge in [0.1, 0.15) is 5.82 Å². The fraction of sp³-hybridized carbons (Fsp3) is 0.417. The van der Waals surface area contributed by atoms with E-state index < -0.39 is 5.82 Å². The van der Waals surface area contributed by atoms with Gasteiger partial charge in [-0.25, -0.2) is 4.39 Å². The van der Waals surface area contributed by atoms with E-state index in [1.54, 1.807) is 17.0 Å². The third kappa shape index (κ3) is 1.33. The normalized spacial score (nSPS) is 31.4. The molecule has 3 rings (SSSR count). The molecule has 1 aromatic rings. The van der Waals surface area contributed by atoms with Gasteiger partial charge in [0.2, 0.25) is 0 Å². The molecule has 0 aromatic heterocycles. The van der Waals surface area contributed by atoms with E-state index in [4.69, 9.17) is 5.73 Å². The fourth-order valence-electron chi connectivity index (χ4n) is 2.54. The van der Waals surface area contributed by atoms with Crippen molar-refractivity contribution in [3.05, 3.63) is 35.6 Å². The van der Waals surface area contributed by atoms with Crippen molar-refractivity contribution in [3.63, 3.8) is 0 Å². The molecule has 1 aliphatic carbocycles. The summed E-state index contributed by atoms with van der Waals surface area (Å²) < 4.78 is 13.4. The van der Waals surface area contributed by atoms with Crippen molar-refractivity contribution >= 4 is 5.91 Å². The van der Waals surface area contributed by atoms with Gasteiger partial charge in [-0.2, -0.15) is 0 Å². The van der Waals surface area contributed by atoms with Gasteiger partial charge in [-0.15, -0.1) is 0 Å². The molecule has 1 saturated heterocycles. The fourth-order valence-corrected chi connectivity index (χ4v) is 2.54. The van der Waals surface area contributed by atoms with Crippen LogP contribution in [0, 0.1) is 17.7 Å². The quantitative estimate of drug-likeness (QED) is 0.762. The molecule has 2 fully saturated rings. The minimum Gasteiger partial charge on any atom is -0.338 e. The molecule has 2 aliphatic rings. The summed E-state index contributed by atoms with van der Waals surface area (Å²) in [6.07, 6.45) is 0. The van der Waals surface area contributed by atoms with Crippen molar-refractivity contribution in [2.75, 3.05) is 13.1 Å². The lowest BCUT2D eigenvalue weighted by atomic mass is 10.2. The number of rotatable bonds is 1. The predicted octanol–water partition coefficient (Wildman–Crippen LogP) is 0.855. The number of hydrogen-bond acceptors (Lipinski definition) is 2. The van der Waals surface area contributed by atoms with Crippen molar-refractivity contribution in [2.24, 2.45) is 17.6 Å². The maximum Gasteiger partial charge on any atom is 0.256 e. The van der Waals surface area contributed by atoms with Gasteiger partial charge in [-0.05, 0) is 24.0 Å². The lowest BCUT2D eigenvalue weighted by molar-refractivity contribution is 0.0768. The molecule has 4 heteroatoms. The van der Waals surface area contributed by atoms with E-state index in [2.05, 4.69) is 0 Å². The van der Waals surface area contributed by atoms with Crippen molar-refractivity contribution in [1.29, 1.82) is 0 Å². The van der Waals surface area contributed by atoms with Crippen LogP contribution in [0.15, 0.2) is 24.3 Å². The number of nitrogens with zero attached hydrogens (tertiary/aromatic N) is 1. The highest BCUT2D eigenvalue weighted by Gasteiger charge is 2.54. The third-order valence-corrected chi connectivity index (χ3v) is 3.65. The van der Waals surface area contributed by atoms with Gasteiger partial charge >= 0.3 is 0 Å². The molecular formula is C12H13FN2O. The Hall–Kier alpha value is -1.42. The molecular weight excluding hydrogens is 207 g/mol. The zero-order chi connectivity index (χ0) is 11.3. The Kier molecular flexibility index (Phi) is 2.01. The standard InChI is InChI=1S/C12H13FN2O/c13-10-4-2-1-3-7(10)12(16)15-5-8-9(6-15)11(8)14/h1-4,8-9,11H,5-6,14H2/t8-,9+,11+. The summed E-state index contributed by atoms with van der Waals surface area (Å²) in [5.74, 6) is 0.223. The number of benzene rings is 1. The summed E-state index contributed by atoms with van der Waals surface area (Å²) in [7, 11) is 0. The van der Waals surface area contributed by atoms with Gasteiger partial charge in [-0.3, -0.25) is 4.79 Å². The first-order chi connectivity index (χ1) is 7.68. The summed E-state index contributed by atoms with van der Waals surface area (Å²) in [5, 5.41) is 0. The van der Waals surface area contributed by atoms with Crippen LogP contribution in [0.5, 0.6) is 0 Å². The molecule has 0 bridgehead atoms. The highest BCUT2D eigenvalue weighted by Crippen LogP contribution is 2.44. The average Bonchev–Trinajstić information content (AvgIpc) is 2.75. The number of likely N-dealkylation sites (tertiary alicyclic amines) is 1. The summed E-state index contributed by atoms with van der Waals surface area (Å²) in [6.45, 7) is 1.36. The Morgan fingerprint density at radius 1 is 1.31 bits per heavy atom. The van der Waals surface area contributed by atoms with E-state index in [1.165, 1.54) is 12.1 Å². The maximum absolute atomic E-state index is 13.4. The van der Waals surface area contributed by atoms with Crippen molar-refractivity contribution in [3.8, 4) is 0 Å². The van der Waals surface area contributed by atoms with Crippen LogP contribution in [0.3, 0.4) is 0 Å². The van der Waals surface area contributed by atoms with Crippen LogP contribution >= 0.6 is 0 Å². The number of carbonyl (C=O) groups is 1. The van der Waals surface area contributed by atoms with Gasteiger partial charge in [0.15, 0.2) is 0 Å². The van der Waals surface area contributed by atoms with E-state index in [9.17, 15) is 9.18 Å². The second kappa shape index (κ2) is 3.28. The molecule has 1 heterocycles. The van der Waals surface area contributed by atoms with E-state index in [-0.39, 0.29) is 17.5 Å². The molecule has 1 aromatic carbocycles. The molecule has 3 atom stereocenters. The molecule has 16 heavy (non-hydrogen) atoms. The first-order valence-electron chi connectivity index (χ1n) is 5.48. The van der Waals surface area contributed by atoms with Crippen molar-refractivity contribution in [2.45, 2.75) is 6.04 Å².